The smallest absolute Gasteiger partial charge is 0.0847 e. The first-order valence-electron chi connectivity index (χ1n) is 6.41. The van der Waals surface area contributed by atoms with Crippen molar-refractivity contribution < 1.29 is 0 Å². The average molecular weight is 279 g/mol. The summed E-state index contributed by atoms with van der Waals surface area (Å²) in [6, 6.07) is 1.94. The van der Waals surface area contributed by atoms with Gasteiger partial charge in [0.1, 0.15) is 0 Å². The molecule has 2 heterocycles. The minimum absolute atomic E-state index is 0.119. The average Bonchev–Trinajstić information content (AvgIpc) is 2.66. The van der Waals surface area contributed by atoms with E-state index in [2.05, 4.69) is 16.1 Å². The molecule has 0 saturated heterocycles. The molecule has 0 aromatic carbocycles. The maximum absolute atomic E-state index is 6.30. The van der Waals surface area contributed by atoms with E-state index in [1.807, 2.05) is 37.8 Å². The number of hydrogen-bond acceptors (Lipinski definition) is 3. The second kappa shape index (κ2) is 5.72. The predicted octanol–water partition coefficient (Wildman–Crippen LogP) is 2.81. The second-order valence-corrected chi connectivity index (χ2v) is 5.15. The lowest BCUT2D eigenvalue weighted by atomic mass is 10.0. The summed E-state index contributed by atoms with van der Waals surface area (Å²) >= 11 is 6.30. The fourth-order valence-electron chi connectivity index (χ4n) is 2.17. The normalized spacial score (nSPS) is 12.7. The van der Waals surface area contributed by atoms with Gasteiger partial charge in [-0.05, 0) is 31.9 Å². The van der Waals surface area contributed by atoms with Gasteiger partial charge >= 0.3 is 0 Å². The molecular weight excluding hydrogens is 260 g/mol. The van der Waals surface area contributed by atoms with Crippen molar-refractivity contribution in [3.05, 3.63) is 46.0 Å². The molecule has 4 nitrogen and oxygen atoms in total. The zero-order valence-corrected chi connectivity index (χ0v) is 12.3. The Bertz CT molecular complexity index is 577. The lowest BCUT2D eigenvalue weighted by molar-refractivity contribution is 0.586. The van der Waals surface area contributed by atoms with Crippen LogP contribution >= 0.6 is 11.6 Å². The first-order valence-corrected chi connectivity index (χ1v) is 6.79. The van der Waals surface area contributed by atoms with Crippen LogP contribution in [0.5, 0.6) is 0 Å². The van der Waals surface area contributed by atoms with Crippen LogP contribution in [0.1, 0.15) is 35.5 Å². The highest BCUT2D eigenvalue weighted by Gasteiger charge is 2.17. The van der Waals surface area contributed by atoms with Crippen molar-refractivity contribution in [2.24, 2.45) is 5.73 Å². The molecule has 0 radical (unpaired) electrons. The first kappa shape index (κ1) is 14.0. The Balaban J connectivity index is 2.26. The van der Waals surface area contributed by atoms with Gasteiger partial charge in [0, 0.05) is 31.4 Å². The van der Waals surface area contributed by atoms with Gasteiger partial charge in [-0.2, -0.15) is 5.10 Å². The van der Waals surface area contributed by atoms with E-state index in [-0.39, 0.29) is 6.04 Å². The largest absolute Gasteiger partial charge is 0.324 e. The third-order valence-electron chi connectivity index (χ3n) is 3.19. The molecule has 19 heavy (non-hydrogen) atoms. The van der Waals surface area contributed by atoms with E-state index in [0.717, 1.165) is 34.1 Å². The van der Waals surface area contributed by atoms with E-state index in [9.17, 15) is 0 Å². The molecule has 2 rings (SSSR count). The van der Waals surface area contributed by atoms with Gasteiger partial charge in [-0.25, -0.2) is 0 Å². The van der Waals surface area contributed by atoms with E-state index in [1.54, 1.807) is 0 Å². The molecule has 0 aliphatic rings. The molecular formula is C14H19ClN4. The van der Waals surface area contributed by atoms with Crippen LogP contribution < -0.4 is 5.73 Å². The summed E-state index contributed by atoms with van der Waals surface area (Å²) in [5, 5.41) is 5.13. The minimum atomic E-state index is -0.119. The van der Waals surface area contributed by atoms with Crippen LogP contribution in [-0.4, -0.2) is 14.8 Å². The molecule has 0 fully saturated rings. The molecule has 0 saturated carbocycles. The lowest BCUT2D eigenvalue weighted by Gasteiger charge is -2.13. The van der Waals surface area contributed by atoms with Crippen molar-refractivity contribution in [1.82, 2.24) is 14.8 Å². The standard InChI is InChI=1S/C14H19ClN4/c1-4-19-13(14(15)10(3)18-19)6-12(16)11-5-9(2)7-17-8-11/h5,7-8,12H,4,6,16H2,1-3H3. The summed E-state index contributed by atoms with van der Waals surface area (Å²) < 4.78 is 1.92. The Kier molecular flexibility index (Phi) is 4.22. The number of halogens is 1. The van der Waals surface area contributed by atoms with Crippen LogP contribution in [0.2, 0.25) is 5.02 Å². The zero-order valence-electron chi connectivity index (χ0n) is 11.5. The third kappa shape index (κ3) is 2.96. The van der Waals surface area contributed by atoms with Gasteiger partial charge in [0.15, 0.2) is 0 Å². The van der Waals surface area contributed by atoms with Crippen LogP contribution in [0.3, 0.4) is 0 Å². The molecule has 2 aromatic heterocycles. The maximum atomic E-state index is 6.30. The first-order chi connectivity index (χ1) is 9.02. The Morgan fingerprint density at radius 3 is 2.74 bits per heavy atom. The fourth-order valence-corrected chi connectivity index (χ4v) is 2.38. The summed E-state index contributed by atoms with van der Waals surface area (Å²) in [5.41, 5.74) is 10.2. The number of nitrogens with two attached hydrogens (primary N) is 1. The molecule has 0 bridgehead atoms. The van der Waals surface area contributed by atoms with E-state index >= 15 is 0 Å². The summed E-state index contributed by atoms with van der Waals surface area (Å²) in [6.45, 7) is 6.77. The van der Waals surface area contributed by atoms with Crippen LogP contribution in [-0.2, 0) is 13.0 Å². The van der Waals surface area contributed by atoms with Gasteiger partial charge < -0.3 is 5.73 Å². The van der Waals surface area contributed by atoms with Crippen LogP contribution in [0, 0.1) is 13.8 Å². The van der Waals surface area contributed by atoms with Gasteiger partial charge in [0.25, 0.3) is 0 Å². The molecule has 0 aliphatic carbocycles. The molecule has 0 spiro atoms. The SMILES string of the molecule is CCn1nc(C)c(Cl)c1CC(N)c1cncc(C)c1. The zero-order chi connectivity index (χ0) is 14.0. The summed E-state index contributed by atoms with van der Waals surface area (Å²) in [4.78, 5) is 4.18. The number of hydrogen-bond donors (Lipinski definition) is 1. The molecule has 0 aliphatic heterocycles. The van der Waals surface area contributed by atoms with Gasteiger partial charge in [-0.3, -0.25) is 9.67 Å². The Hall–Kier alpha value is -1.39. The van der Waals surface area contributed by atoms with Crippen molar-refractivity contribution in [3.63, 3.8) is 0 Å². The van der Waals surface area contributed by atoms with Gasteiger partial charge in [0.2, 0.25) is 0 Å². The quantitative estimate of drug-likeness (QED) is 0.936. The maximum Gasteiger partial charge on any atom is 0.0847 e. The Labute approximate surface area is 118 Å². The minimum Gasteiger partial charge on any atom is -0.324 e. The van der Waals surface area contributed by atoms with Crippen LogP contribution in [0.25, 0.3) is 0 Å². The summed E-state index contributed by atoms with van der Waals surface area (Å²) in [6.07, 6.45) is 4.30. The molecule has 0 amide bonds. The highest BCUT2D eigenvalue weighted by Crippen LogP contribution is 2.25. The Morgan fingerprint density at radius 1 is 1.37 bits per heavy atom. The molecule has 102 valence electrons. The van der Waals surface area contributed by atoms with Crippen molar-refractivity contribution in [1.29, 1.82) is 0 Å². The summed E-state index contributed by atoms with van der Waals surface area (Å²) in [5.74, 6) is 0. The number of aromatic nitrogens is 3. The molecule has 5 heteroatoms. The van der Waals surface area contributed by atoms with Crippen molar-refractivity contribution in [3.8, 4) is 0 Å². The van der Waals surface area contributed by atoms with Crippen LogP contribution in [0.4, 0.5) is 0 Å². The summed E-state index contributed by atoms with van der Waals surface area (Å²) in [7, 11) is 0. The molecule has 1 unspecified atom stereocenters. The Morgan fingerprint density at radius 2 is 2.11 bits per heavy atom. The van der Waals surface area contributed by atoms with Gasteiger partial charge in [0.05, 0.1) is 16.4 Å². The van der Waals surface area contributed by atoms with E-state index in [0.29, 0.717) is 6.42 Å². The number of rotatable bonds is 4. The van der Waals surface area contributed by atoms with Crippen molar-refractivity contribution >= 4 is 11.6 Å². The number of pyridine rings is 1. The van der Waals surface area contributed by atoms with Gasteiger partial charge in [-0.1, -0.05) is 17.7 Å². The third-order valence-corrected chi connectivity index (χ3v) is 3.68. The lowest BCUT2D eigenvalue weighted by Crippen LogP contribution is -2.16. The van der Waals surface area contributed by atoms with E-state index in [1.165, 1.54) is 0 Å². The molecule has 2 aromatic rings. The van der Waals surface area contributed by atoms with Crippen molar-refractivity contribution in [2.75, 3.05) is 0 Å². The predicted molar refractivity (Wildman–Crippen MR) is 77.3 cm³/mol. The fraction of sp³-hybridized carbons (Fsp3) is 0.429. The van der Waals surface area contributed by atoms with E-state index in [4.69, 9.17) is 17.3 Å². The van der Waals surface area contributed by atoms with E-state index < -0.39 is 0 Å². The molecule has 2 N–H and O–H groups in total. The van der Waals surface area contributed by atoms with Crippen LogP contribution in [0.15, 0.2) is 18.5 Å². The van der Waals surface area contributed by atoms with Crippen molar-refractivity contribution in [2.45, 2.75) is 39.8 Å². The monoisotopic (exact) mass is 278 g/mol. The van der Waals surface area contributed by atoms with Gasteiger partial charge in [-0.15, -0.1) is 0 Å². The second-order valence-electron chi connectivity index (χ2n) is 4.77. The highest BCUT2D eigenvalue weighted by atomic mass is 35.5. The topological polar surface area (TPSA) is 56.7 Å². The highest BCUT2D eigenvalue weighted by molar-refractivity contribution is 6.31. The number of aryl methyl sites for hydroxylation is 3. The number of nitrogens with zero attached hydrogens (tertiary/aromatic N) is 3. The molecule has 1 atom stereocenters.